The summed E-state index contributed by atoms with van der Waals surface area (Å²) in [5.41, 5.74) is 3.03. The van der Waals surface area contributed by atoms with E-state index in [-0.39, 0.29) is 34.2 Å². The molecule has 69 heavy (non-hydrogen) atoms. The molecule has 4 amide bonds. The number of rotatable bonds is 15. The van der Waals surface area contributed by atoms with Gasteiger partial charge in [-0.25, -0.2) is 9.59 Å². The van der Waals surface area contributed by atoms with Gasteiger partial charge in [0, 0.05) is 44.4 Å². The van der Waals surface area contributed by atoms with Crippen molar-refractivity contribution in [3.05, 3.63) is 131 Å². The summed E-state index contributed by atoms with van der Waals surface area (Å²) < 4.78 is 16.4. The largest absolute Gasteiger partial charge is 0.497 e. The maximum atomic E-state index is 13.8. The molecule has 4 aliphatic rings. The summed E-state index contributed by atoms with van der Waals surface area (Å²) in [7, 11) is 13.8. The van der Waals surface area contributed by atoms with Crippen LogP contribution in [0.15, 0.2) is 109 Å². The number of amides is 4. The van der Waals surface area contributed by atoms with Crippen LogP contribution in [0.3, 0.4) is 0 Å². The van der Waals surface area contributed by atoms with Gasteiger partial charge in [0.25, 0.3) is 0 Å². The summed E-state index contributed by atoms with van der Waals surface area (Å²) in [4.78, 5) is 40.3. The fraction of sp³-hybridized carbons (Fsp3) is 0.544. The number of hydrogen-bond donors (Lipinski definition) is 1. The van der Waals surface area contributed by atoms with Crippen LogP contribution >= 0.6 is 0 Å². The SMILES string of the molecule is COc1ccc(CN2CC3(CCC(c4ccccc4)(N(C)C)CC3)N(CC(C)(C)O)C2=O)cc1.COc1ccc(CN2CC3(CCC(c4ccccc4)(N(C)C)CC3)N(CC(C)(C)OC)C2=O)cc1. The second kappa shape index (κ2) is 20.7. The van der Waals surface area contributed by atoms with Crippen LogP contribution in [0, 0.1) is 0 Å². The average molecular weight is 945 g/mol. The molecule has 374 valence electrons. The molecule has 0 unspecified atom stereocenters. The molecule has 12 nitrogen and oxygen atoms in total. The van der Waals surface area contributed by atoms with Crippen LogP contribution in [0.1, 0.15) is 101 Å². The van der Waals surface area contributed by atoms with E-state index in [1.807, 2.05) is 63.2 Å². The Morgan fingerprint density at radius 1 is 0.522 bits per heavy atom. The Morgan fingerprint density at radius 2 is 0.870 bits per heavy atom. The second-order valence-electron chi connectivity index (χ2n) is 22.0. The van der Waals surface area contributed by atoms with E-state index in [0.29, 0.717) is 32.7 Å². The highest BCUT2D eigenvalue weighted by atomic mass is 16.5. The lowest BCUT2D eigenvalue weighted by Gasteiger charge is -2.51. The Hall–Kier alpha value is -5.14. The fourth-order valence-corrected chi connectivity index (χ4v) is 11.8. The first-order chi connectivity index (χ1) is 32.7. The normalized spacial score (nSPS) is 25.2. The van der Waals surface area contributed by atoms with Gasteiger partial charge < -0.3 is 38.9 Å². The lowest BCUT2D eigenvalue weighted by Crippen LogP contribution is -2.57. The van der Waals surface area contributed by atoms with Crippen LogP contribution in [0.25, 0.3) is 0 Å². The van der Waals surface area contributed by atoms with E-state index in [1.54, 1.807) is 35.2 Å². The molecule has 2 saturated carbocycles. The minimum absolute atomic E-state index is 0.0125. The van der Waals surface area contributed by atoms with Crippen LogP contribution in [-0.2, 0) is 28.9 Å². The maximum Gasteiger partial charge on any atom is 0.321 e. The zero-order valence-electron chi connectivity index (χ0n) is 43.5. The molecule has 0 radical (unpaired) electrons. The predicted octanol–water partition coefficient (Wildman–Crippen LogP) is 9.60. The summed E-state index contributed by atoms with van der Waals surface area (Å²) in [6.45, 7) is 11.2. The van der Waals surface area contributed by atoms with Crippen molar-refractivity contribution < 1.29 is 28.9 Å². The van der Waals surface area contributed by atoms with Crippen molar-refractivity contribution in [3.63, 3.8) is 0 Å². The molecule has 2 saturated heterocycles. The minimum Gasteiger partial charge on any atom is -0.497 e. The molecule has 4 fully saturated rings. The van der Waals surface area contributed by atoms with Crippen molar-refractivity contribution in [2.75, 3.05) is 75.7 Å². The van der Waals surface area contributed by atoms with Gasteiger partial charge in [0.15, 0.2) is 0 Å². The van der Waals surface area contributed by atoms with E-state index in [2.05, 4.69) is 117 Å². The number of aliphatic hydroxyl groups is 1. The van der Waals surface area contributed by atoms with E-state index in [1.165, 1.54) is 11.1 Å². The van der Waals surface area contributed by atoms with Crippen molar-refractivity contribution in [1.82, 2.24) is 29.4 Å². The second-order valence-corrected chi connectivity index (χ2v) is 22.0. The first kappa shape index (κ1) is 51.7. The van der Waals surface area contributed by atoms with E-state index in [0.717, 1.165) is 80.5 Å². The predicted molar refractivity (Wildman–Crippen MR) is 274 cm³/mol. The Bertz CT molecular complexity index is 2300. The van der Waals surface area contributed by atoms with Gasteiger partial charge in [-0.2, -0.15) is 0 Å². The smallest absolute Gasteiger partial charge is 0.321 e. The summed E-state index contributed by atoms with van der Waals surface area (Å²) in [5.74, 6) is 1.64. The number of benzene rings is 4. The van der Waals surface area contributed by atoms with Crippen molar-refractivity contribution in [2.24, 2.45) is 0 Å². The molecule has 0 bridgehead atoms. The lowest BCUT2D eigenvalue weighted by atomic mass is 9.68. The number of nitrogens with zero attached hydrogens (tertiary/aromatic N) is 6. The van der Waals surface area contributed by atoms with Crippen molar-refractivity contribution in [2.45, 2.75) is 126 Å². The van der Waals surface area contributed by atoms with Gasteiger partial charge in [-0.15, -0.1) is 0 Å². The number of carbonyl (C=O) groups is 2. The first-order valence-electron chi connectivity index (χ1n) is 24.9. The molecule has 1 N–H and O–H groups in total. The quantitative estimate of drug-likeness (QED) is 0.126. The van der Waals surface area contributed by atoms with Gasteiger partial charge in [-0.05, 0) is 154 Å². The van der Waals surface area contributed by atoms with Crippen LogP contribution in [-0.4, -0.2) is 145 Å². The van der Waals surface area contributed by atoms with Crippen LogP contribution < -0.4 is 9.47 Å². The van der Waals surface area contributed by atoms with Crippen LogP contribution in [0.2, 0.25) is 0 Å². The fourth-order valence-electron chi connectivity index (χ4n) is 11.8. The number of urea groups is 2. The van der Waals surface area contributed by atoms with E-state index in [9.17, 15) is 14.7 Å². The molecule has 4 aromatic rings. The molecule has 8 rings (SSSR count). The van der Waals surface area contributed by atoms with Crippen molar-refractivity contribution >= 4 is 12.1 Å². The topological polar surface area (TPSA) is 102 Å². The van der Waals surface area contributed by atoms with E-state index >= 15 is 0 Å². The molecule has 2 spiro atoms. The first-order valence-corrected chi connectivity index (χ1v) is 24.9. The molecule has 0 atom stereocenters. The highest BCUT2D eigenvalue weighted by molar-refractivity contribution is 5.79. The van der Waals surface area contributed by atoms with Gasteiger partial charge in [0.05, 0.1) is 49.6 Å². The number of hydrogen-bond acceptors (Lipinski definition) is 8. The highest BCUT2D eigenvalue weighted by Crippen LogP contribution is 2.51. The Labute approximate surface area is 413 Å². The number of carbonyl (C=O) groups excluding carboxylic acids is 2. The van der Waals surface area contributed by atoms with Gasteiger partial charge >= 0.3 is 12.1 Å². The van der Waals surface area contributed by atoms with Crippen LogP contribution in [0.5, 0.6) is 11.5 Å². The standard InChI is InChI=1S/C29H41N3O3.C28H39N3O3/c1-27(2,35-6)21-32-26(33)31(20-23-12-14-25(34-5)15-13-23)22-28(32)16-18-29(19-17-28,30(3)4)24-10-8-7-9-11-24;1-26(2,33)20-31-25(32)30(19-22-11-13-24(34-5)14-12-22)21-27(31)15-17-28(18-16-27,29(3)4)23-9-7-6-8-10-23/h7-15H,16-22H2,1-6H3;6-14,33H,15-21H2,1-5H3. The summed E-state index contributed by atoms with van der Waals surface area (Å²) in [5, 5.41) is 10.7. The highest BCUT2D eigenvalue weighted by Gasteiger charge is 2.57. The molecular weight excluding hydrogens is 865 g/mol. The van der Waals surface area contributed by atoms with Gasteiger partial charge in [-0.1, -0.05) is 84.9 Å². The monoisotopic (exact) mass is 945 g/mol. The van der Waals surface area contributed by atoms with Gasteiger partial charge in [-0.3, -0.25) is 9.80 Å². The molecule has 2 aliphatic carbocycles. The average Bonchev–Trinajstić information content (AvgIpc) is 3.72. The molecule has 2 heterocycles. The van der Waals surface area contributed by atoms with Gasteiger partial charge in [0.1, 0.15) is 11.5 Å². The third-order valence-corrected chi connectivity index (χ3v) is 16.2. The third-order valence-electron chi connectivity index (χ3n) is 16.2. The molecule has 12 heteroatoms. The number of β-amino-alcohol motifs (C(OH)–C–C–N with tert-alkyl or cyclic N) is 1. The van der Waals surface area contributed by atoms with Gasteiger partial charge in [0.2, 0.25) is 0 Å². The number of methoxy groups -OCH3 is 3. The summed E-state index contributed by atoms with van der Waals surface area (Å²) in [6, 6.07) is 37.7. The molecule has 0 aromatic heterocycles. The minimum atomic E-state index is -0.950. The van der Waals surface area contributed by atoms with Crippen LogP contribution in [0.4, 0.5) is 9.59 Å². The van der Waals surface area contributed by atoms with Crippen molar-refractivity contribution in [3.8, 4) is 11.5 Å². The molecule has 4 aromatic carbocycles. The summed E-state index contributed by atoms with van der Waals surface area (Å²) >= 11 is 0. The third kappa shape index (κ3) is 10.9. The molecular formula is C57H80N6O6. The van der Waals surface area contributed by atoms with Crippen molar-refractivity contribution in [1.29, 1.82) is 0 Å². The zero-order valence-corrected chi connectivity index (χ0v) is 43.5. The Balaban J connectivity index is 0.000000204. The maximum absolute atomic E-state index is 13.8. The Kier molecular flexibility index (Phi) is 15.5. The number of ether oxygens (including phenoxy) is 3. The van der Waals surface area contributed by atoms with E-state index < -0.39 is 11.2 Å². The molecule has 2 aliphatic heterocycles. The summed E-state index contributed by atoms with van der Waals surface area (Å²) in [6.07, 6.45) is 7.69. The Morgan fingerprint density at radius 3 is 1.17 bits per heavy atom. The zero-order chi connectivity index (χ0) is 49.8. The van der Waals surface area contributed by atoms with E-state index in [4.69, 9.17) is 14.2 Å². The lowest BCUT2D eigenvalue weighted by molar-refractivity contribution is -0.0338.